The Balaban J connectivity index is 1.40. The topological polar surface area (TPSA) is 97.7 Å². The molecule has 32 heavy (non-hydrogen) atoms. The number of aromatic nitrogens is 5. The second-order valence-corrected chi connectivity index (χ2v) is 6.93. The first-order valence-corrected chi connectivity index (χ1v) is 9.50. The Morgan fingerprint density at radius 1 is 1.19 bits per heavy atom. The fraction of sp³-hybridized carbons (Fsp3) is 0.100. The summed E-state index contributed by atoms with van der Waals surface area (Å²) in [6.45, 7) is -2.67. The summed E-state index contributed by atoms with van der Waals surface area (Å²) in [6.07, 6.45) is 1.40. The minimum absolute atomic E-state index is 0.0147. The van der Waals surface area contributed by atoms with Gasteiger partial charge >= 0.3 is 6.61 Å². The van der Waals surface area contributed by atoms with E-state index in [2.05, 4.69) is 30.3 Å². The molecule has 2 aromatic carbocycles. The van der Waals surface area contributed by atoms with E-state index in [9.17, 15) is 18.0 Å². The zero-order chi connectivity index (χ0) is 22.7. The van der Waals surface area contributed by atoms with Gasteiger partial charge in [0.2, 0.25) is 5.95 Å². The Labute approximate surface area is 184 Å². The van der Waals surface area contributed by atoms with Crippen molar-refractivity contribution in [2.45, 2.75) is 13.2 Å². The molecule has 0 atom stereocenters. The van der Waals surface area contributed by atoms with E-state index in [4.69, 9.17) is 11.6 Å². The Morgan fingerprint density at radius 3 is 2.69 bits per heavy atom. The van der Waals surface area contributed by atoms with Crippen LogP contribution < -0.4 is 10.1 Å². The van der Waals surface area contributed by atoms with E-state index in [1.807, 2.05) is 0 Å². The molecule has 0 aliphatic carbocycles. The molecule has 0 fully saturated rings. The van der Waals surface area contributed by atoms with Gasteiger partial charge < -0.3 is 4.74 Å². The van der Waals surface area contributed by atoms with Gasteiger partial charge in [-0.25, -0.2) is 14.1 Å². The van der Waals surface area contributed by atoms with E-state index in [1.165, 1.54) is 47.4 Å². The number of carbonyl (C=O) groups excluding carboxylic acids is 1. The first-order chi connectivity index (χ1) is 15.4. The number of alkyl halides is 2. The van der Waals surface area contributed by atoms with Crippen molar-refractivity contribution in [3.63, 3.8) is 0 Å². The van der Waals surface area contributed by atoms with Crippen LogP contribution in [-0.2, 0) is 6.54 Å². The molecule has 8 nitrogen and oxygen atoms in total. The molecule has 4 aromatic rings. The van der Waals surface area contributed by atoms with Crippen molar-refractivity contribution in [2.75, 3.05) is 5.32 Å². The maximum atomic E-state index is 13.2. The lowest BCUT2D eigenvalue weighted by Crippen LogP contribution is -2.14. The average molecular weight is 463 g/mol. The molecule has 0 radical (unpaired) electrons. The number of anilines is 1. The fourth-order valence-electron chi connectivity index (χ4n) is 2.81. The summed E-state index contributed by atoms with van der Waals surface area (Å²) in [7, 11) is 0. The SMILES string of the molecule is O=C(Nc1ncn(Cc2ccc(F)cc2Cl)n1)c1cc(-c2ccc(OC(F)F)cc2)n[nH]1. The standard InChI is InChI=1S/C20H14ClF3N6O2/c21-15-7-13(22)4-1-12(15)9-30-10-25-20(29-30)26-18(31)17-8-16(27-28-17)11-2-5-14(6-3-11)32-19(23)24/h1-8,10,19H,9H2,(H,27,28)(H,26,29,31). The molecule has 0 aliphatic rings. The average Bonchev–Trinajstić information content (AvgIpc) is 3.40. The zero-order valence-corrected chi connectivity index (χ0v) is 16.9. The highest BCUT2D eigenvalue weighted by molar-refractivity contribution is 6.31. The molecule has 1 amide bonds. The van der Waals surface area contributed by atoms with Crippen molar-refractivity contribution in [3.05, 3.63) is 77.0 Å². The van der Waals surface area contributed by atoms with Crippen molar-refractivity contribution < 1.29 is 22.7 Å². The zero-order valence-electron chi connectivity index (χ0n) is 16.1. The fourth-order valence-corrected chi connectivity index (χ4v) is 3.04. The van der Waals surface area contributed by atoms with Gasteiger partial charge in [-0.3, -0.25) is 15.2 Å². The van der Waals surface area contributed by atoms with Crippen LogP contribution in [0, 0.1) is 5.82 Å². The number of halogens is 4. The van der Waals surface area contributed by atoms with E-state index >= 15 is 0 Å². The quantitative estimate of drug-likeness (QED) is 0.425. The summed E-state index contributed by atoms with van der Waals surface area (Å²) in [5.74, 6) is -0.903. The third kappa shape index (κ3) is 5.06. The molecule has 0 spiro atoms. The van der Waals surface area contributed by atoms with Crippen LogP contribution in [0.3, 0.4) is 0 Å². The van der Waals surface area contributed by atoms with E-state index in [-0.39, 0.29) is 29.0 Å². The summed E-state index contributed by atoms with van der Waals surface area (Å²) >= 11 is 6.01. The van der Waals surface area contributed by atoms with Gasteiger partial charge in [0.1, 0.15) is 23.6 Å². The molecule has 4 rings (SSSR count). The molecule has 0 saturated heterocycles. The second-order valence-electron chi connectivity index (χ2n) is 6.53. The Morgan fingerprint density at radius 2 is 1.97 bits per heavy atom. The van der Waals surface area contributed by atoms with Crippen molar-refractivity contribution in [3.8, 4) is 17.0 Å². The first-order valence-electron chi connectivity index (χ1n) is 9.13. The summed E-state index contributed by atoms with van der Waals surface area (Å²) in [6, 6.07) is 11.4. The first kappa shape index (κ1) is 21.4. The molecular formula is C20H14ClF3N6O2. The minimum atomic E-state index is -2.91. The maximum absolute atomic E-state index is 13.2. The molecule has 0 bridgehead atoms. The van der Waals surface area contributed by atoms with Crippen LogP contribution in [0.5, 0.6) is 5.75 Å². The predicted molar refractivity (Wildman–Crippen MR) is 109 cm³/mol. The van der Waals surface area contributed by atoms with Gasteiger partial charge in [-0.05, 0) is 48.0 Å². The number of rotatable bonds is 7. The number of aromatic amines is 1. The maximum Gasteiger partial charge on any atom is 0.387 e. The van der Waals surface area contributed by atoms with Crippen molar-refractivity contribution >= 4 is 23.5 Å². The Hall–Kier alpha value is -3.86. The smallest absolute Gasteiger partial charge is 0.387 e. The summed E-state index contributed by atoms with van der Waals surface area (Å²) < 4.78 is 43.4. The van der Waals surface area contributed by atoms with Gasteiger partial charge in [-0.15, -0.1) is 5.10 Å². The van der Waals surface area contributed by atoms with E-state index in [0.29, 0.717) is 16.8 Å². The number of H-pyrrole nitrogens is 1. The van der Waals surface area contributed by atoms with Crippen molar-refractivity contribution in [1.82, 2.24) is 25.0 Å². The number of amides is 1. The van der Waals surface area contributed by atoms with E-state index in [0.717, 1.165) is 0 Å². The van der Waals surface area contributed by atoms with Gasteiger partial charge in [0.25, 0.3) is 5.91 Å². The molecule has 2 aromatic heterocycles. The molecule has 0 aliphatic heterocycles. The molecule has 164 valence electrons. The van der Waals surface area contributed by atoms with Gasteiger partial charge in [-0.1, -0.05) is 17.7 Å². The van der Waals surface area contributed by atoms with Crippen molar-refractivity contribution in [1.29, 1.82) is 0 Å². The normalized spacial score (nSPS) is 11.0. The molecule has 0 saturated carbocycles. The largest absolute Gasteiger partial charge is 0.435 e. The highest BCUT2D eigenvalue weighted by atomic mass is 35.5. The lowest BCUT2D eigenvalue weighted by molar-refractivity contribution is -0.0498. The molecule has 12 heteroatoms. The Kier molecular flexibility index (Phi) is 6.08. The highest BCUT2D eigenvalue weighted by Gasteiger charge is 2.14. The van der Waals surface area contributed by atoms with Crippen LogP contribution in [0.2, 0.25) is 5.02 Å². The number of carbonyl (C=O) groups is 1. The number of hydrogen-bond acceptors (Lipinski definition) is 5. The molecule has 0 unspecified atom stereocenters. The lowest BCUT2D eigenvalue weighted by atomic mass is 10.1. The summed E-state index contributed by atoms with van der Waals surface area (Å²) in [5.41, 5.74) is 1.81. The van der Waals surface area contributed by atoms with Crippen LogP contribution >= 0.6 is 11.6 Å². The highest BCUT2D eigenvalue weighted by Crippen LogP contribution is 2.23. The van der Waals surface area contributed by atoms with Crippen LogP contribution in [0.15, 0.2) is 54.9 Å². The number of benzene rings is 2. The number of nitrogens with one attached hydrogen (secondary N) is 2. The number of hydrogen-bond donors (Lipinski definition) is 2. The van der Waals surface area contributed by atoms with E-state index < -0.39 is 18.3 Å². The number of nitrogens with zero attached hydrogens (tertiary/aromatic N) is 4. The summed E-state index contributed by atoms with van der Waals surface area (Å²) in [4.78, 5) is 16.5. The van der Waals surface area contributed by atoms with Crippen LogP contribution in [-0.4, -0.2) is 37.5 Å². The third-order valence-electron chi connectivity index (χ3n) is 4.31. The molecule has 2 N–H and O–H groups in total. The van der Waals surface area contributed by atoms with Gasteiger partial charge in [0.05, 0.1) is 12.2 Å². The van der Waals surface area contributed by atoms with Crippen LogP contribution in [0.25, 0.3) is 11.3 Å². The van der Waals surface area contributed by atoms with Gasteiger partial charge in [-0.2, -0.15) is 13.9 Å². The Bertz CT molecular complexity index is 1240. The number of ether oxygens (including phenoxy) is 1. The van der Waals surface area contributed by atoms with Gasteiger partial charge in [0, 0.05) is 10.6 Å². The van der Waals surface area contributed by atoms with E-state index in [1.54, 1.807) is 12.1 Å². The van der Waals surface area contributed by atoms with Crippen molar-refractivity contribution in [2.24, 2.45) is 0 Å². The van der Waals surface area contributed by atoms with Crippen LogP contribution in [0.1, 0.15) is 16.1 Å². The third-order valence-corrected chi connectivity index (χ3v) is 4.66. The van der Waals surface area contributed by atoms with Crippen LogP contribution in [0.4, 0.5) is 19.1 Å². The predicted octanol–water partition coefficient (Wildman–Crippen LogP) is 4.36. The molecular weight excluding hydrogens is 449 g/mol. The lowest BCUT2D eigenvalue weighted by Gasteiger charge is -2.04. The second kappa shape index (κ2) is 9.10. The summed E-state index contributed by atoms with van der Waals surface area (Å²) in [5, 5.41) is 13.6. The minimum Gasteiger partial charge on any atom is -0.435 e. The molecule has 2 heterocycles. The monoisotopic (exact) mass is 462 g/mol. The van der Waals surface area contributed by atoms with Gasteiger partial charge in [0.15, 0.2) is 0 Å².